The molecule has 2 fully saturated rings. The van der Waals surface area contributed by atoms with Crippen molar-refractivity contribution in [2.24, 2.45) is 0 Å². The molecule has 1 aromatic carbocycles. The van der Waals surface area contributed by atoms with Crippen LogP contribution in [0.5, 0.6) is 0 Å². The number of hydrogen-bond acceptors (Lipinski definition) is 4. The summed E-state index contributed by atoms with van der Waals surface area (Å²) in [6, 6.07) is 9.12. The average molecular weight is 417 g/mol. The van der Waals surface area contributed by atoms with Gasteiger partial charge < -0.3 is 10.2 Å². The van der Waals surface area contributed by atoms with Gasteiger partial charge in [-0.15, -0.1) is 24.8 Å². The highest BCUT2D eigenvalue weighted by atomic mass is 35.5. The van der Waals surface area contributed by atoms with Gasteiger partial charge >= 0.3 is 0 Å². The summed E-state index contributed by atoms with van der Waals surface area (Å²) in [4.78, 5) is 19.5. The van der Waals surface area contributed by atoms with Gasteiger partial charge in [-0.3, -0.25) is 14.6 Å². The number of rotatable bonds is 5. The van der Waals surface area contributed by atoms with Gasteiger partial charge in [0.25, 0.3) is 0 Å². The third-order valence-electron chi connectivity index (χ3n) is 5.65. The first kappa shape index (κ1) is 24.2. The average Bonchev–Trinajstić information content (AvgIpc) is 2.64. The van der Waals surface area contributed by atoms with Crippen molar-refractivity contribution in [3.63, 3.8) is 0 Å². The number of piperazine rings is 1. The number of halogens is 2. The zero-order valence-electron chi connectivity index (χ0n) is 16.5. The van der Waals surface area contributed by atoms with Crippen molar-refractivity contribution in [3.8, 4) is 0 Å². The van der Waals surface area contributed by atoms with E-state index in [4.69, 9.17) is 0 Å². The molecule has 1 atom stereocenters. The van der Waals surface area contributed by atoms with E-state index >= 15 is 0 Å². The summed E-state index contributed by atoms with van der Waals surface area (Å²) in [5.74, 6) is 0.298. The van der Waals surface area contributed by atoms with Crippen LogP contribution in [-0.2, 0) is 11.3 Å². The van der Waals surface area contributed by atoms with Crippen molar-refractivity contribution < 1.29 is 4.79 Å². The normalized spacial score (nSPS) is 21.3. The minimum atomic E-state index is 0. The van der Waals surface area contributed by atoms with Crippen molar-refractivity contribution in [2.45, 2.75) is 32.4 Å². The standard InChI is InChI=1S/C20H32N4O.2ClH/c1-17-6-3-4-7-18(17)14-22-10-12-24(13-11-22)20(25)16-23-9-5-8-19(15-23)21-2;;/h3-4,6-7,19,21H,5,8-16H2,1-2H3;2*1H. The zero-order chi connectivity index (χ0) is 17.6. The third kappa shape index (κ3) is 6.91. The molecule has 7 heteroatoms. The van der Waals surface area contributed by atoms with Gasteiger partial charge in [-0.2, -0.15) is 0 Å². The van der Waals surface area contributed by atoms with E-state index in [2.05, 4.69) is 51.2 Å². The molecule has 154 valence electrons. The first-order valence-corrected chi connectivity index (χ1v) is 9.60. The van der Waals surface area contributed by atoms with Crippen molar-refractivity contribution in [2.75, 3.05) is 52.9 Å². The molecule has 1 N–H and O–H groups in total. The molecule has 0 aromatic heterocycles. The number of carbonyl (C=O) groups excluding carboxylic acids is 1. The fourth-order valence-electron chi connectivity index (χ4n) is 3.91. The molecule has 0 radical (unpaired) electrons. The minimum absolute atomic E-state index is 0. The number of benzene rings is 1. The first-order valence-electron chi connectivity index (χ1n) is 9.60. The Morgan fingerprint density at radius 1 is 1.07 bits per heavy atom. The highest BCUT2D eigenvalue weighted by Gasteiger charge is 2.25. The van der Waals surface area contributed by atoms with Crippen LogP contribution < -0.4 is 5.32 Å². The SMILES string of the molecule is CNC1CCCN(CC(=O)N2CCN(Cc3ccccc3C)CC2)C1.Cl.Cl. The Balaban J connectivity index is 0.00000182. The molecule has 2 aliphatic heterocycles. The second-order valence-electron chi connectivity index (χ2n) is 7.45. The summed E-state index contributed by atoms with van der Waals surface area (Å²) in [5, 5.41) is 3.35. The predicted molar refractivity (Wildman–Crippen MR) is 116 cm³/mol. The van der Waals surface area contributed by atoms with E-state index in [9.17, 15) is 4.79 Å². The molecule has 0 aliphatic carbocycles. The number of carbonyl (C=O) groups is 1. The summed E-state index contributed by atoms with van der Waals surface area (Å²) in [5.41, 5.74) is 2.75. The Morgan fingerprint density at radius 3 is 2.44 bits per heavy atom. The lowest BCUT2D eigenvalue weighted by molar-refractivity contribution is -0.134. The van der Waals surface area contributed by atoms with E-state index in [1.807, 2.05) is 7.05 Å². The molecule has 0 saturated carbocycles. The van der Waals surface area contributed by atoms with Gasteiger partial charge in [0.15, 0.2) is 0 Å². The summed E-state index contributed by atoms with van der Waals surface area (Å²) in [7, 11) is 2.02. The highest BCUT2D eigenvalue weighted by molar-refractivity contribution is 5.85. The van der Waals surface area contributed by atoms with Gasteiger partial charge in [-0.1, -0.05) is 24.3 Å². The Bertz CT molecular complexity index is 579. The van der Waals surface area contributed by atoms with Crippen LogP contribution in [0.4, 0.5) is 0 Å². The number of aryl methyl sites for hydroxylation is 1. The van der Waals surface area contributed by atoms with Crippen LogP contribution in [0.1, 0.15) is 24.0 Å². The topological polar surface area (TPSA) is 38.8 Å². The molecule has 1 amide bonds. The van der Waals surface area contributed by atoms with E-state index in [-0.39, 0.29) is 24.8 Å². The Labute approximate surface area is 176 Å². The predicted octanol–water partition coefficient (Wildman–Crippen LogP) is 2.17. The fraction of sp³-hybridized carbons (Fsp3) is 0.650. The second kappa shape index (κ2) is 11.9. The van der Waals surface area contributed by atoms with Crippen molar-refractivity contribution in [1.82, 2.24) is 20.0 Å². The molecule has 0 spiro atoms. The van der Waals surface area contributed by atoms with Crippen molar-refractivity contribution >= 4 is 30.7 Å². The zero-order valence-corrected chi connectivity index (χ0v) is 18.2. The Kier molecular flexibility index (Phi) is 10.6. The van der Waals surface area contributed by atoms with Gasteiger partial charge in [-0.25, -0.2) is 0 Å². The maximum atomic E-state index is 12.6. The molecule has 2 saturated heterocycles. The minimum Gasteiger partial charge on any atom is -0.339 e. The van der Waals surface area contributed by atoms with E-state index in [1.165, 1.54) is 24.0 Å². The summed E-state index contributed by atoms with van der Waals surface area (Å²) < 4.78 is 0. The lowest BCUT2D eigenvalue weighted by atomic mass is 10.1. The van der Waals surface area contributed by atoms with Crippen LogP contribution >= 0.6 is 24.8 Å². The number of likely N-dealkylation sites (N-methyl/N-ethyl adjacent to an activating group) is 1. The van der Waals surface area contributed by atoms with Crippen LogP contribution in [0.2, 0.25) is 0 Å². The largest absolute Gasteiger partial charge is 0.339 e. The van der Waals surface area contributed by atoms with Crippen LogP contribution in [0, 0.1) is 6.92 Å². The number of amides is 1. The second-order valence-corrected chi connectivity index (χ2v) is 7.45. The summed E-state index contributed by atoms with van der Waals surface area (Å²) in [6.07, 6.45) is 2.40. The molecule has 0 bridgehead atoms. The molecule has 5 nitrogen and oxygen atoms in total. The van der Waals surface area contributed by atoms with Gasteiger partial charge in [0.2, 0.25) is 5.91 Å². The number of piperidine rings is 1. The van der Waals surface area contributed by atoms with Crippen LogP contribution in [-0.4, -0.2) is 79.5 Å². The Morgan fingerprint density at radius 2 is 1.78 bits per heavy atom. The molecule has 2 heterocycles. The van der Waals surface area contributed by atoms with E-state index in [1.54, 1.807) is 0 Å². The molecule has 1 aromatic rings. The lowest BCUT2D eigenvalue weighted by Crippen LogP contribution is -2.53. The van der Waals surface area contributed by atoms with E-state index in [0.717, 1.165) is 45.8 Å². The van der Waals surface area contributed by atoms with Gasteiger partial charge in [-0.05, 0) is 44.5 Å². The monoisotopic (exact) mass is 416 g/mol. The van der Waals surface area contributed by atoms with Crippen molar-refractivity contribution in [1.29, 1.82) is 0 Å². The first-order chi connectivity index (χ1) is 12.2. The van der Waals surface area contributed by atoms with Gasteiger partial charge in [0, 0.05) is 45.3 Å². The summed E-state index contributed by atoms with van der Waals surface area (Å²) in [6.45, 7) is 9.44. The maximum absolute atomic E-state index is 12.6. The highest BCUT2D eigenvalue weighted by Crippen LogP contribution is 2.14. The molecule has 2 aliphatic rings. The third-order valence-corrected chi connectivity index (χ3v) is 5.65. The van der Waals surface area contributed by atoms with Crippen LogP contribution in [0.3, 0.4) is 0 Å². The molecule has 27 heavy (non-hydrogen) atoms. The molecular weight excluding hydrogens is 383 g/mol. The van der Waals surface area contributed by atoms with Crippen LogP contribution in [0.25, 0.3) is 0 Å². The maximum Gasteiger partial charge on any atom is 0.236 e. The van der Waals surface area contributed by atoms with Gasteiger partial charge in [0.05, 0.1) is 6.54 Å². The number of nitrogens with one attached hydrogen (secondary N) is 1. The molecule has 1 unspecified atom stereocenters. The van der Waals surface area contributed by atoms with Gasteiger partial charge in [0.1, 0.15) is 0 Å². The lowest BCUT2D eigenvalue weighted by Gasteiger charge is -2.37. The van der Waals surface area contributed by atoms with E-state index in [0.29, 0.717) is 18.5 Å². The number of hydrogen-bond donors (Lipinski definition) is 1. The summed E-state index contributed by atoms with van der Waals surface area (Å²) >= 11 is 0. The fourth-order valence-corrected chi connectivity index (χ4v) is 3.91. The number of likely N-dealkylation sites (tertiary alicyclic amines) is 1. The molecule has 3 rings (SSSR count). The molecular formula is C20H34Cl2N4O. The Hall–Kier alpha value is -0.850. The smallest absolute Gasteiger partial charge is 0.236 e. The quantitative estimate of drug-likeness (QED) is 0.797. The van der Waals surface area contributed by atoms with Crippen molar-refractivity contribution in [3.05, 3.63) is 35.4 Å². The van der Waals surface area contributed by atoms with E-state index < -0.39 is 0 Å². The number of nitrogens with zero attached hydrogens (tertiary/aromatic N) is 3. The van der Waals surface area contributed by atoms with Crippen LogP contribution in [0.15, 0.2) is 24.3 Å².